The van der Waals surface area contributed by atoms with Gasteiger partial charge in [0.25, 0.3) is 0 Å². The third kappa shape index (κ3) is 4.15. The predicted octanol–water partition coefficient (Wildman–Crippen LogP) is 2.28. The van der Waals surface area contributed by atoms with Gasteiger partial charge in [0.1, 0.15) is 12.2 Å². The second kappa shape index (κ2) is 8.30. The molecule has 0 bridgehead atoms. The summed E-state index contributed by atoms with van der Waals surface area (Å²) in [5.74, 6) is 0. The van der Waals surface area contributed by atoms with Gasteiger partial charge in [-0.15, -0.1) is 0 Å². The first kappa shape index (κ1) is 18.5. The molecule has 0 aliphatic heterocycles. The number of pyridine rings is 2. The van der Waals surface area contributed by atoms with Crippen molar-refractivity contribution >= 4 is 0 Å². The molecule has 2 heterocycles. The van der Waals surface area contributed by atoms with E-state index in [0.717, 1.165) is 0 Å². The Morgan fingerprint density at radius 2 is 1.12 bits per heavy atom. The van der Waals surface area contributed by atoms with Crippen molar-refractivity contribution in [3.63, 3.8) is 0 Å². The van der Waals surface area contributed by atoms with E-state index in [4.69, 9.17) is 9.47 Å². The maximum atomic E-state index is 10.2. The van der Waals surface area contributed by atoms with Gasteiger partial charge in [0.05, 0.1) is 35.0 Å². The minimum absolute atomic E-state index is 0.364. The van der Waals surface area contributed by atoms with E-state index in [9.17, 15) is 10.2 Å². The maximum absolute atomic E-state index is 10.2. The van der Waals surface area contributed by atoms with E-state index in [-0.39, 0.29) is 12.2 Å². The largest absolute Gasteiger partial charge is 0.384 e. The zero-order valence-electron chi connectivity index (χ0n) is 14.4. The molecule has 0 radical (unpaired) electrons. The van der Waals surface area contributed by atoms with Crippen molar-refractivity contribution in [2.45, 2.75) is 38.3 Å². The van der Waals surface area contributed by atoms with Crippen molar-refractivity contribution in [2.75, 3.05) is 14.2 Å². The van der Waals surface area contributed by atoms with Gasteiger partial charge in [0.15, 0.2) is 0 Å². The van der Waals surface area contributed by atoms with Crippen molar-refractivity contribution in [3.05, 3.63) is 47.8 Å². The molecule has 0 saturated heterocycles. The molecule has 4 atom stereocenters. The Kier molecular flexibility index (Phi) is 6.39. The third-order valence-corrected chi connectivity index (χ3v) is 4.04. The summed E-state index contributed by atoms with van der Waals surface area (Å²) in [6, 6.07) is 10.7. The highest BCUT2D eigenvalue weighted by atomic mass is 16.5. The van der Waals surface area contributed by atoms with Crippen LogP contribution in [0.1, 0.15) is 37.4 Å². The standard InChI is InChI=1S/C18H24N2O4/c1-11(23-3)17(21)15-9-5-7-13(19-15)14-8-6-10-16(20-14)18(22)12(2)24-4/h5-12,17-18,21-22H,1-4H3/t11-,12-,17+,18+/m0/s1. The Morgan fingerprint density at radius 3 is 1.46 bits per heavy atom. The van der Waals surface area contributed by atoms with E-state index >= 15 is 0 Å². The number of aliphatic hydroxyl groups excluding tert-OH is 2. The summed E-state index contributed by atoms with van der Waals surface area (Å²) in [4.78, 5) is 8.94. The van der Waals surface area contributed by atoms with Gasteiger partial charge in [-0.05, 0) is 38.1 Å². The SMILES string of the molecule is CO[C@@H](C)[C@@H](O)c1cccc(-c2cccc([C@H](O)[C@H](C)OC)n2)n1. The lowest BCUT2D eigenvalue weighted by Crippen LogP contribution is -2.18. The summed E-state index contributed by atoms with van der Waals surface area (Å²) in [5.41, 5.74) is 2.27. The van der Waals surface area contributed by atoms with Crippen LogP contribution in [0.5, 0.6) is 0 Å². The molecular weight excluding hydrogens is 308 g/mol. The van der Waals surface area contributed by atoms with E-state index in [1.807, 2.05) is 24.3 Å². The number of hydrogen-bond donors (Lipinski definition) is 2. The molecule has 0 spiro atoms. The average molecular weight is 332 g/mol. The molecule has 24 heavy (non-hydrogen) atoms. The smallest absolute Gasteiger partial charge is 0.122 e. The molecular formula is C18H24N2O4. The average Bonchev–Trinajstić information content (AvgIpc) is 2.65. The molecule has 0 aliphatic carbocycles. The molecule has 0 aromatic carbocycles. The second-order valence-corrected chi connectivity index (χ2v) is 5.67. The van der Waals surface area contributed by atoms with Gasteiger partial charge < -0.3 is 19.7 Å². The molecule has 130 valence electrons. The highest BCUT2D eigenvalue weighted by molar-refractivity contribution is 5.54. The monoisotopic (exact) mass is 332 g/mol. The van der Waals surface area contributed by atoms with Crippen molar-refractivity contribution in [3.8, 4) is 11.4 Å². The molecule has 2 rings (SSSR count). The summed E-state index contributed by atoms with van der Waals surface area (Å²) < 4.78 is 10.3. The van der Waals surface area contributed by atoms with Gasteiger partial charge >= 0.3 is 0 Å². The Morgan fingerprint density at radius 1 is 0.750 bits per heavy atom. The fourth-order valence-electron chi connectivity index (χ4n) is 2.26. The molecule has 0 amide bonds. The Bertz CT molecular complexity index is 607. The number of aliphatic hydroxyl groups is 2. The van der Waals surface area contributed by atoms with Crippen molar-refractivity contribution < 1.29 is 19.7 Å². The van der Waals surface area contributed by atoms with Crippen LogP contribution < -0.4 is 0 Å². The van der Waals surface area contributed by atoms with E-state index in [1.165, 1.54) is 0 Å². The molecule has 2 aromatic heterocycles. The Balaban J connectivity index is 2.32. The normalized spacial score (nSPS) is 16.4. The maximum Gasteiger partial charge on any atom is 0.122 e. The van der Waals surface area contributed by atoms with Gasteiger partial charge in [-0.3, -0.25) is 0 Å². The van der Waals surface area contributed by atoms with Crippen LogP contribution in [-0.2, 0) is 9.47 Å². The summed E-state index contributed by atoms with van der Waals surface area (Å²) in [6.07, 6.45) is -2.37. The van der Waals surface area contributed by atoms with Crippen molar-refractivity contribution in [1.29, 1.82) is 0 Å². The number of rotatable bonds is 7. The zero-order valence-corrected chi connectivity index (χ0v) is 14.4. The van der Waals surface area contributed by atoms with Crippen LogP contribution >= 0.6 is 0 Å². The van der Waals surface area contributed by atoms with Gasteiger partial charge in [0.2, 0.25) is 0 Å². The first-order valence-electron chi connectivity index (χ1n) is 7.84. The fourth-order valence-corrected chi connectivity index (χ4v) is 2.26. The first-order valence-corrected chi connectivity index (χ1v) is 7.84. The van der Waals surface area contributed by atoms with Crippen LogP contribution in [0.15, 0.2) is 36.4 Å². The van der Waals surface area contributed by atoms with Crippen LogP contribution in [-0.4, -0.2) is 46.6 Å². The number of hydrogen-bond acceptors (Lipinski definition) is 6. The van der Waals surface area contributed by atoms with Gasteiger partial charge in [-0.25, -0.2) is 9.97 Å². The molecule has 0 saturated carbocycles. The van der Waals surface area contributed by atoms with Gasteiger partial charge in [0, 0.05) is 14.2 Å². The van der Waals surface area contributed by atoms with Crippen molar-refractivity contribution in [2.24, 2.45) is 0 Å². The molecule has 6 heteroatoms. The molecule has 0 unspecified atom stereocenters. The molecule has 0 aliphatic rings. The number of aromatic nitrogens is 2. The summed E-state index contributed by atoms with van der Waals surface area (Å²) in [6.45, 7) is 3.56. The van der Waals surface area contributed by atoms with Crippen LogP contribution in [0.4, 0.5) is 0 Å². The third-order valence-electron chi connectivity index (χ3n) is 4.04. The lowest BCUT2D eigenvalue weighted by Gasteiger charge is -2.18. The van der Waals surface area contributed by atoms with Crippen molar-refractivity contribution in [1.82, 2.24) is 9.97 Å². The second-order valence-electron chi connectivity index (χ2n) is 5.67. The molecule has 0 fully saturated rings. The minimum atomic E-state index is -0.822. The minimum Gasteiger partial charge on any atom is -0.384 e. The van der Waals surface area contributed by atoms with Crippen LogP contribution in [0.2, 0.25) is 0 Å². The molecule has 2 aromatic rings. The quantitative estimate of drug-likeness (QED) is 0.809. The zero-order chi connectivity index (χ0) is 17.7. The molecule has 6 nitrogen and oxygen atoms in total. The number of ether oxygens (including phenoxy) is 2. The van der Waals surface area contributed by atoms with Crippen LogP contribution in [0.3, 0.4) is 0 Å². The van der Waals surface area contributed by atoms with E-state index < -0.39 is 12.2 Å². The van der Waals surface area contributed by atoms with E-state index in [1.54, 1.807) is 40.2 Å². The number of nitrogens with zero attached hydrogens (tertiary/aromatic N) is 2. The van der Waals surface area contributed by atoms with Crippen LogP contribution in [0.25, 0.3) is 11.4 Å². The highest BCUT2D eigenvalue weighted by Crippen LogP contribution is 2.23. The Hall–Kier alpha value is -1.86. The topological polar surface area (TPSA) is 84.7 Å². The first-order chi connectivity index (χ1) is 11.5. The summed E-state index contributed by atoms with van der Waals surface area (Å²) >= 11 is 0. The highest BCUT2D eigenvalue weighted by Gasteiger charge is 2.20. The molecule has 2 N–H and O–H groups in total. The lowest BCUT2D eigenvalue weighted by molar-refractivity contribution is -0.00370. The summed E-state index contributed by atoms with van der Waals surface area (Å²) in [5, 5.41) is 20.5. The van der Waals surface area contributed by atoms with Gasteiger partial charge in [-0.1, -0.05) is 12.1 Å². The van der Waals surface area contributed by atoms with E-state index in [0.29, 0.717) is 22.8 Å². The fraction of sp³-hybridized carbons (Fsp3) is 0.444. The predicted molar refractivity (Wildman–Crippen MR) is 90.3 cm³/mol. The summed E-state index contributed by atoms with van der Waals surface area (Å²) in [7, 11) is 3.09. The Labute approximate surface area is 142 Å². The number of methoxy groups -OCH3 is 2. The van der Waals surface area contributed by atoms with Crippen LogP contribution in [0, 0.1) is 0 Å². The lowest BCUT2D eigenvalue weighted by atomic mass is 10.1. The van der Waals surface area contributed by atoms with E-state index in [2.05, 4.69) is 9.97 Å². The van der Waals surface area contributed by atoms with Gasteiger partial charge in [-0.2, -0.15) is 0 Å².